The summed E-state index contributed by atoms with van der Waals surface area (Å²) in [6, 6.07) is 10.4. The largest absolute Gasteiger partial charge is 0.494 e. The maximum absolute atomic E-state index is 13.3. The summed E-state index contributed by atoms with van der Waals surface area (Å²) in [4.78, 5) is 14.5. The Hall–Kier alpha value is -3.32. The summed E-state index contributed by atoms with van der Waals surface area (Å²) in [6.07, 6.45) is -4.49. The van der Waals surface area contributed by atoms with Crippen LogP contribution in [0, 0.1) is 0 Å². The van der Waals surface area contributed by atoms with E-state index in [0.717, 1.165) is 23.9 Å². The average molecular weight is 494 g/mol. The maximum atomic E-state index is 13.3. The van der Waals surface area contributed by atoms with E-state index >= 15 is 0 Å². The van der Waals surface area contributed by atoms with Gasteiger partial charge < -0.3 is 19.7 Å². The van der Waals surface area contributed by atoms with Crippen LogP contribution in [0.1, 0.15) is 5.56 Å². The van der Waals surface area contributed by atoms with Gasteiger partial charge in [-0.15, -0.1) is 5.10 Å². The number of thioether (sulfide) groups is 1. The van der Waals surface area contributed by atoms with Crippen molar-refractivity contribution in [2.45, 2.75) is 11.3 Å². The second-order valence-corrected chi connectivity index (χ2v) is 8.15. The number of aromatic nitrogens is 4. The van der Waals surface area contributed by atoms with E-state index in [1.807, 2.05) is 6.07 Å². The molecule has 34 heavy (non-hydrogen) atoms. The topological polar surface area (TPSA) is 94.4 Å². The highest BCUT2D eigenvalue weighted by atomic mass is 32.2. The minimum absolute atomic E-state index is 0.0565. The fourth-order valence-electron chi connectivity index (χ4n) is 3.42. The van der Waals surface area contributed by atoms with E-state index in [4.69, 9.17) is 9.47 Å². The Bertz CT molecular complexity index is 1150. The van der Waals surface area contributed by atoms with Crippen molar-refractivity contribution in [2.75, 3.05) is 49.4 Å². The molecule has 0 aliphatic carbocycles. The predicted octanol–water partition coefficient (Wildman–Crippen LogP) is 3.26. The number of nitrogens with one attached hydrogen (secondary N) is 1. The van der Waals surface area contributed by atoms with Gasteiger partial charge in [-0.2, -0.15) is 17.9 Å². The average Bonchev–Trinajstić information content (AvgIpc) is 3.31. The Morgan fingerprint density at radius 1 is 1.18 bits per heavy atom. The molecule has 2 aromatic carbocycles. The van der Waals surface area contributed by atoms with Crippen LogP contribution in [0.3, 0.4) is 0 Å². The lowest BCUT2D eigenvalue weighted by atomic mass is 10.1. The first kappa shape index (κ1) is 23.8. The summed E-state index contributed by atoms with van der Waals surface area (Å²) < 4.78 is 51.9. The molecule has 1 N–H and O–H groups in total. The molecule has 1 fully saturated rings. The number of carbonyl (C=O) groups is 1. The fraction of sp³-hybridized carbons (Fsp3) is 0.333. The van der Waals surface area contributed by atoms with Crippen molar-refractivity contribution < 1.29 is 27.4 Å². The Labute approximate surface area is 197 Å². The van der Waals surface area contributed by atoms with E-state index in [1.165, 1.54) is 17.9 Å². The van der Waals surface area contributed by atoms with Gasteiger partial charge in [0.15, 0.2) is 0 Å². The molecule has 4 rings (SSSR count). The van der Waals surface area contributed by atoms with Gasteiger partial charge in [-0.3, -0.25) is 4.79 Å². The first-order valence-electron chi connectivity index (χ1n) is 10.2. The van der Waals surface area contributed by atoms with Crippen molar-refractivity contribution in [1.29, 1.82) is 0 Å². The molecule has 180 valence electrons. The molecule has 1 aromatic heterocycles. The zero-order valence-corrected chi connectivity index (χ0v) is 18.9. The van der Waals surface area contributed by atoms with Crippen LogP contribution in [0.4, 0.5) is 24.5 Å². The molecule has 9 nitrogen and oxygen atoms in total. The number of amides is 1. The fourth-order valence-corrected chi connectivity index (χ4v) is 4.10. The van der Waals surface area contributed by atoms with Gasteiger partial charge in [-0.25, -0.2) is 0 Å². The first-order chi connectivity index (χ1) is 16.4. The summed E-state index contributed by atoms with van der Waals surface area (Å²) in [7, 11) is 1.53. The molecule has 0 saturated carbocycles. The SMILES string of the molecule is COc1ccccc1-n1nnnc1SCC(=O)Nc1ccc(C(F)(F)F)cc1N1CCOCC1. The molecule has 0 spiro atoms. The minimum Gasteiger partial charge on any atom is -0.494 e. The van der Waals surface area contributed by atoms with Crippen molar-refractivity contribution in [2.24, 2.45) is 0 Å². The zero-order chi connectivity index (χ0) is 24.1. The standard InChI is InChI=1S/C21H21F3N6O3S/c1-32-18-5-3-2-4-16(18)30-20(26-27-28-30)34-13-19(31)25-15-7-6-14(21(22,23)24)12-17(15)29-8-10-33-11-9-29/h2-7,12H,8-11,13H2,1H3,(H,25,31). The predicted molar refractivity (Wildman–Crippen MR) is 120 cm³/mol. The van der Waals surface area contributed by atoms with Crippen molar-refractivity contribution in [3.63, 3.8) is 0 Å². The van der Waals surface area contributed by atoms with Crippen LogP contribution in [0.5, 0.6) is 5.75 Å². The number of alkyl halides is 3. The normalized spacial score (nSPS) is 14.2. The number of anilines is 2. The molecule has 1 amide bonds. The minimum atomic E-state index is -4.49. The highest BCUT2D eigenvalue weighted by Crippen LogP contribution is 2.36. The van der Waals surface area contributed by atoms with Gasteiger partial charge in [-0.1, -0.05) is 23.9 Å². The second kappa shape index (κ2) is 10.3. The third-order valence-electron chi connectivity index (χ3n) is 5.04. The number of benzene rings is 2. The van der Waals surface area contributed by atoms with Crippen molar-refractivity contribution in [3.05, 3.63) is 48.0 Å². The number of morpholine rings is 1. The maximum Gasteiger partial charge on any atom is 0.416 e. The number of tetrazole rings is 1. The van der Waals surface area contributed by atoms with Gasteiger partial charge >= 0.3 is 6.18 Å². The van der Waals surface area contributed by atoms with Gasteiger partial charge in [-0.05, 0) is 40.8 Å². The van der Waals surface area contributed by atoms with Crippen LogP contribution in [-0.2, 0) is 15.7 Å². The van der Waals surface area contributed by atoms with Crippen LogP contribution >= 0.6 is 11.8 Å². The van der Waals surface area contributed by atoms with Crippen molar-refractivity contribution in [1.82, 2.24) is 20.2 Å². The van der Waals surface area contributed by atoms with Gasteiger partial charge in [0.05, 0.1) is 43.0 Å². The lowest BCUT2D eigenvalue weighted by Gasteiger charge is -2.31. The van der Waals surface area contributed by atoms with Gasteiger partial charge in [0.1, 0.15) is 11.4 Å². The van der Waals surface area contributed by atoms with Gasteiger partial charge in [0.2, 0.25) is 11.1 Å². The number of hydrogen-bond donors (Lipinski definition) is 1. The van der Waals surface area contributed by atoms with Crippen LogP contribution in [0.25, 0.3) is 5.69 Å². The summed E-state index contributed by atoms with van der Waals surface area (Å²) in [5.74, 6) is 0.0916. The number of para-hydroxylation sites is 2. The molecule has 1 aliphatic rings. The monoisotopic (exact) mass is 494 g/mol. The smallest absolute Gasteiger partial charge is 0.416 e. The number of halogens is 3. The third kappa shape index (κ3) is 5.42. The molecular formula is C21H21F3N6O3S. The number of ether oxygens (including phenoxy) is 2. The number of methoxy groups -OCH3 is 1. The van der Waals surface area contributed by atoms with E-state index in [-0.39, 0.29) is 5.75 Å². The lowest BCUT2D eigenvalue weighted by molar-refractivity contribution is -0.137. The Kier molecular flexibility index (Phi) is 7.22. The van der Waals surface area contributed by atoms with E-state index in [2.05, 4.69) is 20.8 Å². The molecule has 2 heterocycles. The quantitative estimate of drug-likeness (QED) is 0.501. The number of rotatable bonds is 7. The molecular weight excluding hydrogens is 473 g/mol. The summed E-state index contributed by atoms with van der Waals surface area (Å²) >= 11 is 1.09. The van der Waals surface area contributed by atoms with Crippen LogP contribution < -0.4 is 15.0 Å². The third-order valence-corrected chi connectivity index (χ3v) is 5.96. The van der Waals surface area contributed by atoms with Crippen molar-refractivity contribution >= 4 is 29.0 Å². The van der Waals surface area contributed by atoms with Crippen LogP contribution in [-0.4, -0.2) is 65.3 Å². The van der Waals surface area contributed by atoms with E-state index in [9.17, 15) is 18.0 Å². The Morgan fingerprint density at radius 2 is 1.94 bits per heavy atom. The van der Waals surface area contributed by atoms with E-state index in [0.29, 0.717) is 54.3 Å². The molecule has 0 atom stereocenters. The molecule has 0 bridgehead atoms. The molecule has 1 saturated heterocycles. The number of carbonyl (C=O) groups excluding carboxylic acids is 1. The van der Waals surface area contributed by atoms with E-state index < -0.39 is 17.6 Å². The highest BCUT2D eigenvalue weighted by Gasteiger charge is 2.32. The number of hydrogen-bond acceptors (Lipinski definition) is 8. The van der Waals surface area contributed by atoms with Crippen molar-refractivity contribution in [3.8, 4) is 11.4 Å². The lowest BCUT2D eigenvalue weighted by Crippen LogP contribution is -2.37. The zero-order valence-electron chi connectivity index (χ0n) is 18.1. The van der Waals surface area contributed by atoms with Crippen LogP contribution in [0.2, 0.25) is 0 Å². The molecule has 3 aromatic rings. The molecule has 0 unspecified atom stereocenters. The van der Waals surface area contributed by atoms with Gasteiger partial charge in [0.25, 0.3) is 0 Å². The Morgan fingerprint density at radius 3 is 2.68 bits per heavy atom. The first-order valence-corrected chi connectivity index (χ1v) is 11.2. The second-order valence-electron chi connectivity index (χ2n) is 7.21. The number of nitrogens with zero attached hydrogens (tertiary/aromatic N) is 5. The van der Waals surface area contributed by atoms with Crippen LogP contribution in [0.15, 0.2) is 47.6 Å². The van der Waals surface area contributed by atoms with E-state index in [1.54, 1.807) is 23.1 Å². The highest BCUT2D eigenvalue weighted by molar-refractivity contribution is 7.99. The molecule has 13 heteroatoms. The molecule has 0 radical (unpaired) electrons. The summed E-state index contributed by atoms with van der Waals surface area (Å²) in [5, 5.41) is 14.7. The Balaban J connectivity index is 1.49. The van der Waals surface area contributed by atoms with Gasteiger partial charge in [0, 0.05) is 13.1 Å². The molecule has 1 aliphatic heterocycles. The summed E-state index contributed by atoms with van der Waals surface area (Å²) in [5.41, 5.74) is 0.424. The summed E-state index contributed by atoms with van der Waals surface area (Å²) in [6.45, 7) is 1.63.